The van der Waals surface area contributed by atoms with Crippen LogP contribution >= 0.6 is 11.8 Å². The number of aromatic nitrogens is 2. The number of thioether (sulfide) groups is 1. The maximum atomic E-state index is 13.5. The molecule has 0 N–H and O–H groups in total. The van der Waals surface area contributed by atoms with E-state index in [4.69, 9.17) is 0 Å². The highest BCUT2D eigenvalue weighted by Crippen LogP contribution is 2.26. The van der Waals surface area contributed by atoms with Gasteiger partial charge in [-0.15, -0.1) is 0 Å². The summed E-state index contributed by atoms with van der Waals surface area (Å²) in [7, 11) is 1.60. The van der Waals surface area contributed by atoms with Crippen molar-refractivity contribution in [2.45, 2.75) is 17.3 Å². The molecule has 7 heteroatoms. The molecule has 0 saturated carbocycles. The SMILES string of the molecule is C[C@@H](Sc1nc2cc3ccccc3cc2c(=O)n1C)C(=O)c1ccc(F)c(F)c1. The van der Waals surface area contributed by atoms with E-state index in [9.17, 15) is 18.4 Å². The zero-order valence-electron chi connectivity index (χ0n) is 15.6. The molecule has 0 aliphatic rings. The lowest BCUT2D eigenvalue weighted by Crippen LogP contribution is -2.22. The van der Waals surface area contributed by atoms with Gasteiger partial charge in [0.2, 0.25) is 0 Å². The van der Waals surface area contributed by atoms with Crippen molar-refractivity contribution in [1.29, 1.82) is 0 Å². The van der Waals surface area contributed by atoms with Crippen molar-refractivity contribution in [3.8, 4) is 0 Å². The van der Waals surface area contributed by atoms with E-state index in [1.807, 2.05) is 36.4 Å². The molecule has 0 aliphatic carbocycles. The van der Waals surface area contributed by atoms with Crippen LogP contribution in [0.25, 0.3) is 21.7 Å². The van der Waals surface area contributed by atoms with Gasteiger partial charge in [0, 0.05) is 12.6 Å². The molecule has 0 spiro atoms. The van der Waals surface area contributed by atoms with E-state index in [-0.39, 0.29) is 16.9 Å². The van der Waals surface area contributed by atoms with Gasteiger partial charge >= 0.3 is 0 Å². The molecule has 0 radical (unpaired) electrons. The maximum absolute atomic E-state index is 13.5. The number of hydrogen-bond donors (Lipinski definition) is 0. The Morgan fingerprint density at radius 2 is 1.72 bits per heavy atom. The standard InChI is InChI=1S/C22H16F2N2O2S/c1-12(20(27)15-7-8-17(23)18(24)10-15)29-22-25-19-11-14-6-4-3-5-13(14)9-16(19)21(28)26(22)2/h3-12H,1-2H3/t12-/m1/s1. The molecule has 1 heterocycles. The van der Waals surface area contributed by atoms with E-state index in [1.54, 1.807) is 14.0 Å². The molecule has 4 nitrogen and oxygen atoms in total. The maximum Gasteiger partial charge on any atom is 0.261 e. The van der Waals surface area contributed by atoms with E-state index >= 15 is 0 Å². The first-order valence-corrected chi connectivity index (χ1v) is 9.78. The number of ketones is 1. The van der Waals surface area contributed by atoms with Crippen LogP contribution in [-0.4, -0.2) is 20.6 Å². The first kappa shape index (κ1) is 19.3. The fourth-order valence-corrected chi connectivity index (χ4v) is 4.09. The smallest absolute Gasteiger partial charge is 0.261 e. The minimum Gasteiger partial charge on any atom is -0.293 e. The lowest BCUT2D eigenvalue weighted by atomic mass is 10.1. The van der Waals surface area contributed by atoms with Gasteiger partial charge in [-0.05, 0) is 48.0 Å². The van der Waals surface area contributed by atoms with Crippen LogP contribution in [0, 0.1) is 11.6 Å². The molecule has 0 bridgehead atoms. The Bertz CT molecular complexity index is 1330. The number of Topliss-reactive ketones (excluding diaryl/α,β-unsaturated/α-hetero) is 1. The third-order valence-corrected chi connectivity index (χ3v) is 5.90. The predicted molar refractivity (Wildman–Crippen MR) is 110 cm³/mol. The third-order valence-electron chi connectivity index (χ3n) is 4.76. The summed E-state index contributed by atoms with van der Waals surface area (Å²) in [5.74, 6) is -2.45. The molecule has 0 fully saturated rings. The zero-order chi connectivity index (χ0) is 20.7. The van der Waals surface area contributed by atoms with Gasteiger partial charge in [0.25, 0.3) is 5.56 Å². The number of fused-ring (bicyclic) bond motifs is 2. The van der Waals surface area contributed by atoms with Crippen molar-refractivity contribution in [3.63, 3.8) is 0 Å². The summed E-state index contributed by atoms with van der Waals surface area (Å²) in [6.07, 6.45) is 0. The summed E-state index contributed by atoms with van der Waals surface area (Å²) in [6, 6.07) is 14.4. The van der Waals surface area contributed by atoms with E-state index in [0.717, 1.165) is 34.7 Å². The van der Waals surface area contributed by atoms with E-state index in [1.165, 1.54) is 10.6 Å². The Kier molecular flexibility index (Phi) is 4.92. The largest absolute Gasteiger partial charge is 0.293 e. The van der Waals surface area contributed by atoms with Crippen LogP contribution in [0.5, 0.6) is 0 Å². The minimum absolute atomic E-state index is 0.0701. The van der Waals surface area contributed by atoms with Crippen molar-refractivity contribution in [3.05, 3.63) is 82.1 Å². The molecule has 1 atom stereocenters. The molecular weight excluding hydrogens is 394 g/mol. The van der Waals surface area contributed by atoms with E-state index in [0.29, 0.717) is 16.1 Å². The second-order valence-electron chi connectivity index (χ2n) is 6.73. The molecule has 0 unspecified atom stereocenters. The Labute approximate surface area is 169 Å². The number of carbonyl (C=O) groups excluding carboxylic acids is 1. The lowest BCUT2D eigenvalue weighted by Gasteiger charge is -2.13. The van der Waals surface area contributed by atoms with E-state index < -0.39 is 16.9 Å². The van der Waals surface area contributed by atoms with Crippen molar-refractivity contribution in [2.75, 3.05) is 0 Å². The molecule has 4 rings (SSSR count). The van der Waals surface area contributed by atoms with Crippen LogP contribution in [0.15, 0.2) is 64.5 Å². The number of nitrogens with zero attached hydrogens (tertiary/aromatic N) is 2. The normalized spacial score (nSPS) is 12.4. The van der Waals surface area contributed by atoms with Gasteiger partial charge in [-0.3, -0.25) is 14.2 Å². The summed E-state index contributed by atoms with van der Waals surface area (Å²) in [5.41, 5.74) is 0.401. The van der Waals surface area contributed by atoms with Crippen LogP contribution in [0.4, 0.5) is 8.78 Å². The number of benzene rings is 3. The summed E-state index contributed by atoms with van der Waals surface area (Å²) in [6.45, 7) is 1.64. The minimum atomic E-state index is -1.07. The number of halogens is 2. The highest BCUT2D eigenvalue weighted by Gasteiger charge is 2.21. The monoisotopic (exact) mass is 410 g/mol. The van der Waals surface area contributed by atoms with Gasteiger partial charge in [0.15, 0.2) is 22.6 Å². The van der Waals surface area contributed by atoms with Gasteiger partial charge in [0.1, 0.15) is 0 Å². The topological polar surface area (TPSA) is 52.0 Å². The zero-order valence-corrected chi connectivity index (χ0v) is 16.5. The van der Waals surface area contributed by atoms with E-state index in [2.05, 4.69) is 4.98 Å². The second kappa shape index (κ2) is 7.40. The molecular formula is C22H16F2N2O2S. The number of rotatable bonds is 4. The Morgan fingerprint density at radius 3 is 2.41 bits per heavy atom. The Hall–Kier alpha value is -3.06. The van der Waals surface area contributed by atoms with Gasteiger partial charge in [-0.1, -0.05) is 36.0 Å². The van der Waals surface area contributed by atoms with Gasteiger partial charge < -0.3 is 0 Å². The average Bonchev–Trinajstić information content (AvgIpc) is 2.72. The molecule has 146 valence electrons. The second-order valence-corrected chi connectivity index (χ2v) is 8.04. The first-order valence-electron chi connectivity index (χ1n) is 8.90. The molecule has 29 heavy (non-hydrogen) atoms. The molecule has 0 aliphatic heterocycles. The summed E-state index contributed by atoms with van der Waals surface area (Å²) < 4.78 is 28.0. The molecule has 0 saturated heterocycles. The van der Waals surface area contributed by atoms with Crippen LogP contribution < -0.4 is 5.56 Å². The molecule has 3 aromatic carbocycles. The van der Waals surface area contributed by atoms with Gasteiger partial charge in [-0.25, -0.2) is 13.8 Å². The van der Waals surface area contributed by atoms with Crippen LogP contribution in [0.3, 0.4) is 0 Å². The summed E-state index contributed by atoms with van der Waals surface area (Å²) in [5, 5.41) is 2.14. The van der Waals surface area contributed by atoms with Gasteiger partial charge in [0.05, 0.1) is 16.2 Å². The summed E-state index contributed by atoms with van der Waals surface area (Å²) >= 11 is 1.10. The van der Waals surface area contributed by atoms with Crippen molar-refractivity contribution >= 4 is 39.2 Å². The molecule has 0 amide bonds. The fraction of sp³-hybridized carbons (Fsp3) is 0.136. The summed E-state index contributed by atoms with van der Waals surface area (Å²) in [4.78, 5) is 30.0. The lowest BCUT2D eigenvalue weighted by molar-refractivity contribution is 0.0993. The first-order chi connectivity index (χ1) is 13.8. The highest BCUT2D eigenvalue weighted by atomic mass is 32.2. The fourth-order valence-electron chi connectivity index (χ4n) is 3.14. The van der Waals surface area contributed by atoms with Crippen molar-refractivity contribution in [1.82, 2.24) is 9.55 Å². The Balaban J connectivity index is 1.72. The van der Waals surface area contributed by atoms with Crippen molar-refractivity contribution in [2.24, 2.45) is 7.05 Å². The average molecular weight is 410 g/mol. The van der Waals surface area contributed by atoms with Gasteiger partial charge in [-0.2, -0.15) is 0 Å². The number of carbonyl (C=O) groups is 1. The van der Waals surface area contributed by atoms with Crippen molar-refractivity contribution < 1.29 is 13.6 Å². The molecule has 1 aromatic heterocycles. The van der Waals surface area contributed by atoms with Crippen LogP contribution in [0.2, 0.25) is 0 Å². The molecule has 4 aromatic rings. The predicted octanol–water partition coefficient (Wildman–Crippen LogP) is 4.73. The quantitative estimate of drug-likeness (QED) is 0.211. The van der Waals surface area contributed by atoms with Crippen LogP contribution in [-0.2, 0) is 7.05 Å². The third kappa shape index (κ3) is 3.53. The Morgan fingerprint density at radius 1 is 1.03 bits per heavy atom. The number of hydrogen-bond acceptors (Lipinski definition) is 4. The van der Waals surface area contributed by atoms with Crippen LogP contribution in [0.1, 0.15) is 17.3 Å². The highest BCUT2D eigenvalue weighted by molar-refractivity contribution is 8.00.